The van der Waals surface area contributed by atoms with Gasteiger partial charge in [-0.1, -0.05) is 0 Å². The van der Waals surface area contributed by atoms with E-state index >= 15 is 0 Å². The zero-order chi connectivity index (χ0) is 19.6. The van der Waals surface area contributed by atoms with Crippen LogP contribution in [0.4, 0.5) is 11.4 Å². The molecule has 2 aromatic rings. The molecule has 2 aromatic carbocycles. The molecule has 1 amide bonds. The van der Waals surface area contributed by atoms with Crippen molar-refractivity contribution >= 4 is 27.3 Å². The SMILES string of the molecule is COc1ccc(N([C@H](C)C(=O)Nc2ccc3c(c2)OCO3)S(C)(=O)=O)cc1. The molecule has 144 valence electrons. The number of anilines is 2. The van der Waals surface area contributed by atoms with E-state index in [0.29, 0.717) is 28.6 Å². The molecule has 1 aliphatic heterocycles. The Kier molecular flexibility index (Phi) is 5.13. The first-order valence-corrected chi connectivity index (χ1v) is 9.98. The molecule has 1 heterocycles. The van der Waals surface area contributed by atoms with Gasteiger partial charge in [0.25, 0.3) is 0 Å². The molecule has 0 unspecified atom stereocenters. The summed E-state index contributed by atoms with van der Waals surface area (Å²) in [6.07, 6.45) is 1.06. The number of nitrogens with zero attached hydrogens (tertiary/aromatic N) is 1. The smallest absolute Gasteiger partial charge is 0.247 e. The average Bonchev–Trinajstić information content (AvgIpc) is 3.09. The fraction of sp³-hybridized carbons (Fsp3) is 0.278. The lowest BCUT2D eigenvalue weighted by molar-refractivity contribution is -0.116. The summed E-state index contributed by atoms with van der Waals surface area (Å²) in [6.45, 7) is 1.65. The van der Waals surface area contributed by atoms with Gasteiger partial charge in [0, 0.05) is 11.8 Å². The number of carbonyl (C=O) groups is 1. The summed E-state index contributed by atoms with van der Waals surface area (Å²) in [5, 5.41) is 2.71. The maximum Gasteiger partial charge on any atom is 0.247 e. The van der Waals surface area contributed by atoms with Gasteiger partial charge in [0.1, 0.15) is 11.8 Å². The number of nitrogens with one attached hydrogen (secondary N) is 1. The molecule has 27 heavy (non-hydrogen) atoms. The monoisotopic (exact) mass is 392 g/mol. The van der Waals surface area contributed by atoms with Crippen LogP contribution < -0.4 is 23.8 Å². The molecule has 0 aliphatic carbocycles. The van der Waals surface area contributed by atoms with Crippen LogP contribution in [0.5, 0.6) is 17.2 Å². The normalized spacial score (nSPS) is 13.7. The zero-order valence-corrected chi connectivity index (χ0v) is 15.9. The molecule has 0 radical (unpaired) electrons. The van der Waals surface area contributed by atoms with Gasteiger partial charge in [-0.15, -0.1) is 0 Å². The van der Waals surface area contributed by atoms with Crippen LogP contribution in [0.15, 0.2) is 42.5 Å². The van der Waals surface area contributed by atoms with E-state index in [1.54, 1.807) is 42.5 Å². The number of methoxy groups -OCH3 is 1. The van der Waals surface area contributed by atoms with E-state index in [-0.39, 0.29) is 6.79 Å². The van der Waals surface area contributed by atoms with Gasteiger partial charge in [0.15, 0.2) is 11.5 Å². The van der Waals surface area contributed by atoms with Gasteiger partial charge < -0.3 is 19.5 Å². The van der Waals surface area contributed by atoms with E-state index in [2.05, 4.69) is 5.32 Å². The zero-order valence-electron chi connectivity index (χ0n) is 15.1. The predicted molar refractivity (Wildman–Crippen MR) is 101 cm³/mol. The highest BCUT2D eigenvalue weighted by Gasteiger charge is 2.29. The van der Waals surface area contributed by atoms with E-state index in [9.17, 15) is 13.2 Å². The van der Waals surface area contributed by atoms with Crippen LogP contribution in [-0.4, -0.2) is 40.5 Å². The number of hydrogen-bond acceptors (Lipinski definition) is 6. The number of rotatable bonds is 6. The minimum absolute atomic E-state index is 0.127. The number of hydrogen-bond donors (Lipinski definition) is 1. The quantitative estimate of drug-likeness (QED) is 0.810. The lowest BCUT2D eigenvalue weighted by atomic mass is 10.2. The predicted octanol–water partition coefficient (Wildman–Crippen LogP) is 2.22. The van der Waals surface area contributed by atoms with Crippen molar-refractivity contribution in [3.8, 4) is 17.2 Å². The number of sulfonamides is 1. The second-order valence-corrected chi connectivity index (χ2v) is 7.85. The van der Waals surface area contributed by atoms with Gasteiger partial charge in [-0.3, -0.25) is 9.10 Å². The molecule has 0 saturated heterocycles. The molecule has 1 atom stereocenters. The molecule has 0 bridgehead atoms. The van der Waals surface area contributed by atoms with Gasteiger partial charge >= 0.3 is 0 Å². The number of ether oxygens (including phenoxy) is 3. The lowest BCUT2D eigenvalue weighted by Gasteiger charge is -2.28. The Morgan fingerprint density at radius 2 is 1.81 bits per heavy atom. The van der Waals surface area contributed by atoms with Crippen LogP contribution in [0.25, 0.3) is 0 Å². The number of carbonyl (C=O) groups excluding carboxylic acids is 1. The summed E-state index contributed by atoms with van der Waals surface area (Å²) >= 11 is 0. The van der Waals surface area contributed by atoms with E-state index in [0.717, 1.165) is 10.6 Å². The molecular formula is C18H20N2O6S. The fourth-order valence-corrected chi connectivity index (χ4v) is 3.93. The van der Waals surface area contributed by atoms with Crippen LogP contribution in [0.2, 0.25) is 0 Å². The van der Waals surface area contributed by atoms with Crippen molar-refractivity contribution in [2.24, 2.45) is 0 Å². The molecule has 0 aromatic heterocycles. The summed E-state index contributed by atoms with van der Waals surface area (Å²) in [5.41, 5.74) is 0.853. The molecule has 0 fully saturated rings. The molecular weight excluding hydrogens is 372 g/mol. The van der Waals surface area contributed by atoms with Crippen molar-refractivity contribution in [2.45, 2.75) is 13.0 Å². The summed E-state index contributed by atoms with van der Waals surface area (Å²) in [7, 11) is -2.18. The van der Waals surface area contributed by atoms with Crippen molar-refractivity contribution in [2.75, 3.05) is 29.8 Å². The molecule has 0 spiro atoms. The standard InChI is InChI=1S/C18H20N2O6S/c1-12(18(21)19-13-4-9-16-17(10-13)26-11-25-16)20(27(3,22)23)14-5-7-15(24-2)8-6-14/h4-10,12H,11H2,1-3H3,(H,19,21)/t12-/m1/s1. The highest BCUT2D eigenvalue weighted by atomic mass is 32.2. The van der Waals surface area contributed by atoms with Gasteiger partial charge in [-0.25, -0.2) is 8.42 Å². The second kappa shape index (κ2) is 7.36. The minimum atomic E-state index is -3.70. The Morgan fingerprint density at radius 3 is 2.44 bits per heavy atom. The number of benzene rings is 2. The second-order valence-electron chi connectivity index (χ2n) is 5.99. The van der Waals surface area contributed by atoms with E-state index in [4.69, 9.17) is 14.2 Å². The maximum atomic E-state index is 12.7. The van der Waals surface area contributed by atoms with E-state index in [1.807, 2.05) is 0 Å². The Labute approximate surface area is 157 Å². The average molecular weight is 392 g/mol. The largest absolute Gasteiger partial charge is 0.497 e. The van der Waals surface area contributed by atoms with Gasteiger partial charge in [0.2, 0.25) is 22.7 Å². The van der Waals surface area contributed by atoms with Gasteiger partial charge in [-0.2, -0.15) is 0 Å². The molecule has 3 rings (SSSR count). The van der Waals surface area contributed by atoms with Crippen LogP contribution in [0, 0.1) is 0 Å². The van der Waals surface area contributed by atoms with Crippen molar-refractivity contribution in [3.63, 3.8) is 0 Å². The number of fused-ring (bicyclic) bond motifs is 1. The molecule has 1 N–H and O–H groups in total. The molecule has 1 aliphatic rings. The van der Waals surface area contributed by atoms with Gasteiger partial charge in [0.05, 0.1) is 19.1 Å². The third-order valence-electron chi connectivity index (χ3n) is 4.06. The summed E-state index contributed by atoms with van der Waals surface area (Å²) in [5.74, 6) is 1.23. The van der Waals surface area contributed by atoms with Crippen molar-refractivity contribution < 1.29 is 27.4 Å². The first-order valence-electron chi connectivity index (χ1n) is 8.13. The highest BCUT2D eigenvalue weighted by Crippen LogP contribution is 2.34. The molecule has 8 nitrogen and oxygen atoms in total. The van der Waals surface area contributed by atoms with E-state index in [1.165, 1.54) is 14.0 Å². The molecule has 0 saturated carbocycles. The maximum absolute atomic E-state index is 12.7. The van der Waals surface area contributed by atoms with Gasteiger partial charge in [-0.05, 0) is 43.3 Å². The van der Waals surface area contributed by atoms with Crippen molar-refractivity contribution in [1.29, 1.82) is 0 Å². The van der Waals surface area contributed by atoms with Crippen molar-refractivity contribution in [3.05, 3.63) is 42.5 Å². The fourth-order valence-electron chi connectivity index (χ4n) is 2.76. The Bertz CT molecular complexity index is 943. The first-order chi connectivity index (χ1) is 12.8. The van der Waals surface area contributed by atoms with Crippen LogP contribution >= 0.6 is 0 Å². The lowest BCUT2D eigenvalue weighted by Crippen LogP contribution is -2.45. The summed E-state index contributed by atoms with van der Waals surface area (Å²) < 4.78 is 41.3. The topological polar surface area (TPSA) is 94.2 Å². The van der Waals surface area contributed by atoms with Crippen LogP contribution in [0.1, 0.15) is 6.92 Å². The Balaban J connectivity index is 1.82. The van der Waals surface area contributed by atoms with E-state index < -0.39 is 22.0 Å². The minimum Gasteiger partial charge on any atom is -0.497 e. The van der Waals surface area contributed by atoms with Crippen molar-refractivity contribution in [1.82, 2.24) is 0 Å². The molecule has 9 heteroatoms. The first kappa shape index (κ1) is 18.8. The summed E-state index contributed by atoms with van der Waals surface area (Å²) in [6, 6.07) is 10.4. The van der Waals surface area contributed by atoms with Crippen LogP contribution in [-0.2, 0) is 14.8 Å². The third kappa shape index (κ3) is 4.08. The van der Waals surface area contributed by atoms with Crippen LogP contribution in [0.3, 0.4) is 0 Å². The third-order valence-corrected chi connectivity index (χ3v) is 5.30. The Hall–Kier alpha value is -2.94. The number of amides is 1. The highest BCUT2D eigenvalue weighted by molar-refractivity contribution is 7.92. The summed E-state index contributed by atoms with van der Waals surface area (Å²) in [4.78, 5) is 12.7. The Morgan fingerprint density at radius 1 is 1.15 bits per heavy atom.